The minimum atomic E-state index is 0.531. The van der Waals surface area contributed by atoms with E-state index in [0.717, 1.165) is 10.2 Å². The Bertz CT molecular complexity index is 511. The predicted octanol–water partition coefficient (Wildman–Crippen LogP) is 4.48. The van der Waals surface area contributed by atoms with Gasteiger partial charge in [0.1, 0.15) is 5.82 Å². The second kappa shape index (κ2) is 5.12. The van der Waals surface area contributed by atoms with E-state index in [4.69, 9.17) is 28.9 Å². The summed E-state index contributed by atoms with van der Waals surface area (Å²) in [7, 11) is 0. The number of rotatable bonds is 2. The summed E-state index contributed by atoms with van der Waals surface area (Å²) in [6, 6.07) is 6.96. The number of nitrogens with one attached hydrogen (secondary N) is 1. The Morgan fingerprint density at radius 3 is 2.65 bits per heavy atom. The van der Waals surface area contributed by atoms with Crippen molar-refractivity contribution in [2.75, 3.05) is 11.1 Å². The van der Waals surface area contributed by atoms with Crippen molar-refractivity contribution in [1.29, 1.82) is 0 Å². The van der Waals surface area contributed by atoms with Crippen molar-refractivity contribution >= 4 is 56.3 Å². The van der Waals surface area contributed by atoms with Crippen molar-refractivity contribution in [2.45, 2.75) is 0 Å². The molecule has 0 atom stereocenters. The van der Waals surface area contributed by atoms with Gasteiger partial charge in [-0.1, -0.05) is 23.2 Å². The molecule has 0 spiro atoms. The Morgan fingerprint density at radius 2 is 2.00 bits per heavy atom. The maximum atomic E-state index is 6.05. The first kappa shape index (κ1) is 12.5. The standard InChI is InChI=1S/C11H8BrCl2N3/c12-8-4-7(15)5-16-11(8)17-10-2-1-6(13)3-9(10)14/h1-5H,15H2,(H,16,17). The van der Waals surface area contributed by atoms with Crippen molar-refractivity contribution in [3.8, 4) is 0 Å². The summed E-state index contributed by atoms with van der Waals surface area (Å²) in [5.74, 6) is 0.642. The molecule has 0 unspecified atom stereocenters. The summed E-state index contributed by atoms with van der Waals surface area (Å²) in [5.41, 5.74) is 6.93. The molecule has 0 amide bonds. The number of pyridine rings is 1. The summed E-state index contributed by atoms with van der Waals surface area (Å²) in [6.07, 6.45) is 1.57. The lowest BCUT2D eigenvalue weighted by molar-refractivity contribution is 1.29. The monoisotopic (exact) mass is 331 g/mol. The Kier molecular flexibility index (Phi) is 3.76. The number of hydrogen-bond acceptors (Lipinski definition) is 3. The van der Waals surface area contributed by atoms with Crippen LogP contribution in [0.4, 0.5) is 17.2 Å². The fourth-order valence-electron chi connectivity index (χ4n) is 1.26. The van der Waals surface area contributed by atoms with Crippen LogP contribution in [0.25, 0.3) is 0 Å². The molecule has 3 nitrogen and oxygen atoms in total. The summed E-state index contributed by atoms with van der Waals surface area (Å²) in [6.45, 7) is 0. The number of aromatic nitrogens is 1. The van der Waals surface area contributed by atoms with Crippen LogP contribution in [0.1, 0.15) is 0 Å². The van der Waals surface area contributed by atoms with Gasteiger partial charge >= 0.3 is 0 Å². The van der Waals surface area contributed by atoms with Gasteiger partial charge in [0.15, 0.2) is 0 Å². The maximum Gasteiger partial charge on any atom is 0.144 e. The highest BCUT2D eigenvalue weighted by atomic mass is 79.9. The molecule has 88 valence electrons. The number of nitrogens with zero attached hydrogens (tertiary/aromatic N) is 1. The average Bonchev–Trinajstić information content (AvgIpc) is 2.25. The zero-order valence-electron chi connectivity index (χ0n) is 8.55. The molecule has 1 aromatic carbocycles. The number of nitrogens with two attached hydrogens (primary N) is 1. The van der Waals surface area contributed by atoms with E-state index in [2.05, 4.69) is 26.2 Å². The van der Waals surface area contributed by atoms with Crippen LogP contribution in [-0.2, 0) is 0 Å². The lowest BCUT2D eigenvalue weighted by atomic mass is 10.3. The highest BCUT2D eigenvalue weighted by molar-refractivity contribution is 9.10. The lowest BCUT2D eigenvalue weighted by Crippen LogP contribution is -1.97. The number of halogens is 3. The quantitative estimate of drug-likeness (QED) is 0.852. The first-order valence-electron chi connectivity index (χ1n) is 4.69. The van der Waals surface area contributed by atoms with Gasteiger partial charge in [-0.2, -0.15) is 0 Å². The first-order valence-corrected chi connectivity index (χ1v) is 6.24. The van der Waals surface area contributed by atoms with Gasteiger partial charge in [-0.25, -0.2) is 4.98 Å². The molecule has 0 radical (unpaired) electrons. The molecule has 2 rings (SSSR count). The number of nitrogen functional groups attached to an aromatic ring is 1. The Hall–Kier alpha value is -0.970. The first-order chi connectivity index (χ1) is 8.06. The second-order valence-corrected chi connectivity index (χ2v) is 5.05. The fraction of sp³-hybridized carbons (Fsp3) is 0. The third kappa shape index (κ3) is 3.03. The van der Waals surface area contributed by atoms with Gasteiger partial charge in [-0.05, 0) is 40.2 Å². The average molecular weight is 333 g/mol. The molecule has 1 aromatic heterocycles. The van der Waals surface area contributed by atoms with Crippen LogP contribution < -0.4 is 11.1 Å². The third-order valence-electron chi connectivity index (χ3n) is 2.05. The summed E-state index contributed by atoms with van der Waals surface area (Å²) in [4.78, 5) is 4.16. The van der Waals surface area contributed by atoms with Crippen LogP contribution in [0.3, 0.4) is 0 Å². The largest absolute Gasteiger partial charge is 0.397 e. The van der Waals surface area contributed by atoms with Crippen molar-refractivity contribution in [2.24, 2.45) is 0 Å². The Morgan fingerprint density at radius 1 is 1.24 bits per heavy atom. The minimum absolute atomic E-state index is 0.531. The molecule has 0 aliphatic rings. The van der Waals surface area contributed by atoms with E-state index in [1.165, 1.54) is 0 Å². The van der Waals surface area contributed by atoms with E-state index in [9.17, 15) is 0 Å². The Balaban J connectivity index is 2.31. The number of hydrogen-bond donors (Lipinski definition) is 2. The van der Waals surface area contributed by atoms with E-state index in [-0.39, 0.29) is 0 Å². The van der Waals surface area contributed by atoms with E-state index in [1.807, 2.05) is 0 Å². The van der Waals surface area contributed by atoms with E-state index >= 15 is 0 Å². The zero-order chi connectivity index (χ0) is 12.4. The smallest absolute Gasteiger partial charge is 0.144 e. The van der Waals surface area contributed by atoms with Gasteiger partial charge < -0.3 is 11.1 Å². The molecule has 0 saturated heterocycles. The van der Waals surface area contributed by atoms with E-state index < -0.39 is 0 Å². The lowest BCUT2D eigenvalue weighted by Gasteiger charge is -2.09. The van der Waals surface area contributed by atoms with E-state index in [0.29, 0.717) is 21.6 Å². The van der Waals surface area contributed by atoms with Crippen LogP contribution in [0, 0.1) is 0 Å². The summed E-state index contributed by atoms with van der Waals surface area (Å²) < 4.78 is 0.767. The molecule has 6 heteroatoms. The molecular formula is C11H8BrCl2N3. The van der Waals surface area contributed by atoms with Gasteiger partial charge in [0.2, 0.25) is 0 Å². The number of anilines is 3. The predicted molar refractivity (Wildman–Crippen MR) is 76.1 cm³/mol. The topological polar surface area (TPSA) is 50.9 Å². The maximum absolute atomic E-state index is 6.05. The molecule has 17 heavy (non-hydrogen) atoms. The Labute approximate surface area is 117 Å². The highest BCUT2D eigenvalue weighted by Crippen LogP contribution is 2.30. The van der Waals surface area contributed by atoms with Gasteiger partial charge in [-0.15, -0.1) is 0 Å². The molecule has 1 heterocycles. The highest BCUT2D eigenvalue weighted by Gasteiger charge is 2.05. The van der Waals surface area contributed by atoms with Crippen molar-refractivity contribution in [3.63, 3.8) is 0 Å². The summed E-state index contributed by atoms with van der Waals surface area (Å²) >= 11 is 15.2. The van der Waals surface area contributed by atoms with E-state index in [1.54, 1.807) is 30.5 Å². The molecule has 0 bridgehead atoms. The SMILES string of the molecule is Nc1cnc(Nc2ccc(Cl)cc2Cl)c(Br)c1. The van der Waals surface area contributed by atoms with Gasteiger partial charge in [-0.3, -0.25) is 0 Å². The second-order valence-electron chi connectivity index (χ2n) is 3.35. The molecule has 0 saturated carbocycles. The normalized spacial score (nSPS) is 10.3. The van der Waals surface area contributed by atoms with Gasteiger partial charge in [0, 0.05) is 5.02 Å². The molecule has 0 aliphatic carbocycles. The zero-order valence-corrected chi connectivity index (χ0v) is 11.6. The number of benzene rings is 1. The third-order valence-corrected chi connectivity index (χ3v) is 3.20. The molecule has 3 N–H and O–H groups in total. The molecule has 2 aromatic rings. The minimum Gasteiger partial charge on any atom is -0.397 e. The van der Waals surface area contributed by atoms with Gasteiger partial charge in [0.05, 0.1) is 27.1 Å². The van der Waals surface area contributed by atoms with Crippen molar-refractivity contribution in [1.82, 2.24) is 4.98 Å². The molecule has 0 fully saturated rings. The van der Waals surface area contributed by atoms with Crippen LogP contribution in [0.5, 0.6) is 0 Å². The molecule has 0 aliphatic heterocycles. The van der Waals surface area contributed by atoms with Crippen molar-refractivity contribution in [3.05, 3.63) is 45.0 Å². The van der Waals surface area contributed by atoms with Crippen molar-refractivity contribution < 1.29 is 0 Å². The fourth-order valence-corrected chi connectivity index (χ4v) is 2.18. The van der Waals surface area contributed by atoms with Gasteiger partial charge in [0.25, 0.3) is 0 Å². The summed E-state index contributed by atoms with van der Waals surface area (Å²) in [5, 5.41) is 4.21. The van der Waals surface area contributed by atoms with Crippen LogP contribution in [-0.4, -0.2) is 4.98 Å². The molecular weight excluding hydrogens is 325 g/mol. The van der Waals surface area contributed by atoms with Crippen LogP contribution >= 0.6 is 39.1 Å². The van der Waals surface area contributed by atoms with Crippen LogP contribution in [0.15, 0.2) is 34.9 Å². The van der Waals surface area contributed by atoms with Crippen LogP contribution in [0.2, 0.25) is 10.0 Å².